The molecule has 0 saturated heterocycles. The Balaban J connectivity index is 2.78. The second kappa shape index (κ2) is 10.2. The average Bonchev–Trinajstić information content (AvgIpc) is 2.50. The molecule has 0 unspecified atom stereocenters. The number of rotatable bonds is 11. The number of pyridine rings is 1. The molecule has 1 heterocycles. The van der Waals surface area contributed by atoms with Crippen LogP contribution in [0, 0.1) is 0 Å². The third kappa shape index (κ3) is 6.18. The molecule has 2 N–H and O–H groups in total. The second-order valence-corrected chi connectivity index (χ2v) is 4.74. The van der Waals surface area contributed by atoms with Gasteiger partial charge < -0.3 is 24.8 Å². The molecule has 0 fully saturated rings. The van der Waals surface area contributed by atoms with E-state index in [2.05, 4.69) is 16.8 Å². The molecule has 0 aliphatic rings. The molecule has 0 saturated carbocycles. The molecular weight excluding hydrogens is 270 g/mol. The number of anilines is 2. The molecule has 6 nitrogen and oxygen atoms in total. The smallest absolute Gasteiger partial charge is 0.239 e. The third-order valence-electron chi connectivity index (χ3n) is 2.98. The number of aromatic nitrogens is 1. The van der Waals surface area contributed by atoms with Crippen molar-refractivity contribution in [2.45, 2.75) is 19.8 Å². The summed E-state index contributed by atoms with van der Waals surface area (Å²) in [5.41, 5.74) is 6.47. The maximum atomic E-state index is 5.90. The van der Waals surface area contributed by atoms with Crippen molar-refractivity contribution in [2.75, 3.05) is 57.8 Å². The van der Waals surface area contributed by atoms with Gasteiger partial charge in [0.05, 0.1) is 18.9 Å². The topological polar surface area (TPSA) is 69.8 Å². The molecule has 0 radical (unpaired) electrons. The highest BCUT2D eigenvalue weighted by atomic mass is 16.5. The van der Waals surface area contributed by atoms with E-state index in [1.54, 1.807) is 14.2 Å². The fraction of sp³-hybridized carbons (Fsp3) is 0.667. The van der Waals surface area contributed by atoms with Crippen LogP contribution in [-0.2, 0) is 9.47 Å². The highest BCUT2D eigenvalue weighted by molar-refractivity contribution is 5.54. The van der Waals surface area contributed by atoms with Gasteiger partial charge in [-0.3, -0.25) is 0 Å². The van der Waals surface area contributed by atoms with Crippen LogP contribution in [0.1, 0.15) is 19.8 Å². The van der Waals surface area contributed by atoms with E-state index < -0.39 is 0 Å². The Morgan fingerprint density at radius 3 is 2.52 bits per heavy atom. The third-order valence-corrected chi connectivity index (χ3v) is 2.98. The van der Waals surface area contributed by atoms with E-state index in [9.17, 15) is 0 Å². The van der Waals surface area contributed by atoms with Gasteiger partial charge in [0.2, 0.25) is 5.88 Å². The standard InChI is InChI=1S/C15H27N3O3/c1-4-10-21-15-13(16)6-7-14(17-15)18(9-12-20-3)8-5-11-19-2/h6-7H,4-5,8-12,16H2,1-3H3. The highest BCUT2D eigenvalue weighted by Gasteiger charge is 2.11. The Morgan fingerprint density at radius 2 is 1.86 bits per heavy atom. The van der Waals surface area contributed by atoms with E-state index in [4.69, 9.17) is 19.9 Å². The fourth-order valence-corrected chi connectivity index (χ4v) is 1.87. The Hall–Kier alpha value is -1.53. The van der Waals surface area contributed by atoms with Gasteiger partial charge in [-0.25, -0.2) is 0 Å². The van der Waals surface area contributed by atoms with Gasteiger partial charge in [-0.15, -0.1) is 0 Å². The lowest BCUT2D eigenvalue weighted by Gasteiger charge is -2.24. The summed E-state index contributed by atoms with van der Waals surface area (Å²) in [5, 5.41) is 0. The van der Waals surface area contributed by atoms with E-state index in [-0.39, 0.29) is 0 Å². The molecule has 1 aromatic rings. The molecule has 1 aromatic heterocycles. The average molecular weight is 297 g/mol. The Morgan fingerprint density at radius 1 is 1.10 bits per heavy atom. The molecular formula is C15H27N3O3. The van der Waals surface area contributed by atoms with Crippen LogP contribution < -0.4 is 15.4 Å². The first kappa shape index (κ1) is 17.5. The molecule has 0 aliphatic heterocycles. The first-order valence-corrected chi connectivity index (χ1v) is 7.35. The van der Waals surface area contributed by atoms with Crippen molar-refractivity contribution >= 4 is 11.5 Å². The van der Waals surface area contributed by atoms with Crippen LogP contribution in [0.4, 0.5) is 11.5 Å². The maximum absolute atomic E-state index is 5.90. The molecule has 21 heavy (non-hydrogen) atoms. The summed E-state index contributed by atoms with van der Waals surface area (Å²) in [6.45, 7) is 5.64. The number of nitrogens with two attached hydrogens (primary N) is 1. The molecule has 0 atom stereocenters. The van der Waals surface area contributed by atoms with Crippen molar-refractivity contribution < 1.29 is 14.2 Å². The summed E-state index contributed by atoms with van der Waals surface area (Å²) >= 11 is 0. The quantitative estimate of drug-likeness (QED) is 0.630. The SMILES string of the molecule is CCCOc1nc(N(CCCOC)CCOC)ccc1N. The van der Waals surface area contributed by atoms with Gasteiger partial charge >= 0.3 is 0 Å². The zero-order valence-corrected chi connectivity index (χ0v) is 13.3. The van der Waals surface area contributed by atoms with Gasteiger partial charge in [0.15, 0.2) is 0 Å². The van der Waals surface area contributed by atoms with Crippen molar-refractivity contribution in [1.82, 2.24) is 4.98 Å². The number of nitrogen functional groups attached to an aromatic ring is 1. The van der Waals surface area contributed by atoms with Gasteiger partial charge in [-0.1, -0.05) is 6.92 Å². The zero-order valence-electron chi connectivity index (χ0n) is 13.3. The van der Waals surface area contributed by atoms with Crippen molar-refractivity contribution in [3.05, 3.63) is 12.1 Å². The number of methoxy groups -OCH3 is 2. The fourth-order valence-electron chi connectivity index (χ4n) is 1.87. The van der Waals surface area contributed by atoms with Crippen LogP contribution in [0.5, 0.6) is 5.88 Å². The number of ether oxygens (including phenoxy) is 3. The summed E-state index contributed by atoms with van der Waals surface area (Å²) in [6.07, 6.45) is 1.85. The summed E-state index contributed by atoms with van der Waals surface area (Å²) in [4.78, 5) is 6.68. The molecule has 120 valence electrons. The van der Waals surface area contributed by atoms with Crippen molar-refractivity contribution in [1.29, 1.82) is 0 Å². The predicted molar refractivity (Wildman–Crippen MR) is 85.0 cm³/mol. The largest absolute Gasteiger partial charge is 0.476 e. The van der Waals surface area contributed by atoms with Crippen LogP contribution in [0.25, 0.3) is 0 Å². The normalized spacial score (nSPS) is 10.6. The summed E-state index contributed by atoms with van der Waals surface area (Å²) in [5.74, 6) is 1.35. The first-order valence-electron chi connectivity index (χ1n) is 7.35. The van der Waals surface area contributed by atoms with Crippen LogP contribution >= 0.6 is 0 Å². The molecule has 1 rings (SSSR count). The Kier molecular flexibility index (Phi) is 8.54. The summed E-state index contributed by atoms with van der Waals surface area (Å²) in [7, 11) is 3.40. The van der Waals surface area contributed by atoms with Crippen molar-refractivity contribution in [3.63, 3.8) is 0 Å². The number of hydrogen-bond acceptors (Lipinski definition) is 6. The lowest BCUT2D eigenvalue weighted by molar-refractivity contribution is 0.190. The minimum atomic E-state index is 0.503. The van der Waals surface area contributed by atoms with E-state index >= 15 is 0 Å². The Labute approximate surface area is 127 Å². The van der Waals surface area contributed by atoms with Crippen LogP contribution in [0.15, 0.2) is 12.1 Å². The number of hydrogen-bond donors (Lipinski definition) is 1. The summed E-state index contributed by atoms with van der Waals surface area (Å²) in [6, 6.07) is 3.75. The number of nitrogens with zero attached hydrogens (tertiary/aromatic N) is 2. The second-order valence-electron chi connectivity index (χ2n) is 4.74. The van der Waals surface area contributed by atoms with Gasteiger partial charge in [0, 0.05) is 33.9 Å². The van der Waals surface area contributed by atoms with E-state index in [1.165, 1.54) is 0 Å². The van der Waals surface area contributed by atoms with Crippen molar-refractivity contribution in [2.24, 2.45) is 0 Å². The lowest BCUT2D eigenvalue weighted by atomic mass is 10.3. The lowest BCUT2D eigenvalue weighted by Crippen LogP contribution is -2.30. The maximum Gasteiger partial charge on any atom is 0.239 e. The van der Waals surface area contributed by atoms with Gasteiger partial charge in [-0.05, 0) is 25.0 Å². The highest BCUT2D eigenvalue weighted by Crippen LogP contribution is 2.23. The van der Waals surface area contributed by atoms with Gasteiger partial charge in [-0.2, -0.15) is 4.98 Å². The van der Waals surface area contributed by atoms with E-state index in [0.717, 1.165) is 38.4 Å². The Bertz CT molecular complexity index is 402. The molecule has 0 amide bonds. The van der Waals surface area contributed by atoms with Crippen LogP contribution in [0.2, 0.25) is 0 Å². The monoisotopic (exact) mass is 297 g/mol. The van der Waals surface area contributed by atoms with E-state index in [1.807, 2.05) is 12.1 Å². The summed E-state index contributed by atoms with van der Waals surface area (Å²) < 4.78 is 15.9. The predicted octanol–water partition coefficient (Wildman–Crippen LogP) is 1.94. The molecule has 6 heteroatoms. The van der Waals surface area contributed by atoms with Gasteiger partial charge in [0.25, 0.3) is 0 Å². The van der Waals surface area contributed by atoms with Crippen LogP contribution in [-0.4, -0.2) is 52.1 Å². The molecule has 0 spiro atoms. The zero-order chi connectivity index (χ0) is 15.5. The molecule has 0 aromatic carbocycles. The minimum Gasteiger partial charge on any atom is -0.476 e. The van der Waals surface area contributed by atoms with E-state index in [0.29, 0.717) is 24.8 Å². The van der Waals surface area contributed by atoms with Gasteiger partial charge in [0.1, 0.15) is 5.82 Å². The molecule has 0 aliphatic carbocycles. The first-order chi connectivity index (χ1) is 10.2. The van der Waals surface area contributed by atoms with Crippen LogP contribution in [0.3, 0.4) is 0 Å². The minimum absolute atomic E-state index is 0.503. The molecule has 0 bridgehead atoms. The van der Waals surface area contributed by atoms with Crippen molar-refractivity contribution in [3.8, 4) is 5.88 Å².